The van der Waals surface area contributed by atoms with Crippen LogP contribution in [0.5, 0.6) is 0 Å². The molecule has 0 aromatic heterocycles. The van der Waals surface area contributed by atoms with Crippen molar-refractivity contribution >= 4 is 17.6 Å². The Kier molecular flexibility index (Phi) is 12.2. The molecule has 42 heavy (non-hydrogen) atoms. The Bertz CT molecular complexity index is 1220. The van der Waals surface area contributed by atoms with Crippen LogP contribution < -0.4 is 0 Å². The second-order valence-corrected chi connectivity index (χ2v) is 12.1. The van der Waals surface area contributed by atoms with Crippen molar-refractivity contribution in [2.75, 3.05) is 26.2 Å². The lowest BCUT2D eigenvalue weighted by Crippen LogP contribution is -2.47. The number of ketones is 1. The number of hydrogen-bond donors (Lipinski definition) is 1. The highest BCUT2D eigenvalue weighted by Crippen LogP contribution is 2.30. The molecule has 1 fully saturated rings. The normalized spacial score (nSPS) is 16.8. The van der Waals surface area contributed by atoms with Crippen LogP contribution >= 0.6 is 0 Å². The number of carbonyl (C=O) groups is 3. The highest BCUT2D eigenvalue weighted by atomic mass is 19.1. The van der Waals surface area contributed by atoms with Gasteiger partial charge >= 0.3 is 0 Å². The molecule has 1 N–H and O–H groups in total. The number of aliphatic hydroxyl groups excluding tert-OH is 1. The third kappa shape index (κ3) is 8.93. The van der Waals surface area contributed by atoms with Gasteiger partial charge in [0.25, 0.3) is 5.91 Å². The molecule has 0 aliphatic carbocycles. The van der Waals surface area contributed by atoms with Crippen LogP contribution in [0.2, 0.25) is 0 Å². The lowest BCUT2D eigenvalue weighted by atomic mass is 9.79. The Balaban J connectivity index is 1.90. The number of aryl methyl sites for hydroxylation is 1. The molecule has 230 valence electrons. The van der Waals surface area contributed by atoms with Crippen molar-refractivity contribution in [3.05, 3.63) is 70.3 Å². The Morgan fingerprint density at radius 2 is 1.60 bits per heavy atom. The number of piperidine rings is 1. The first kappa shape index (κ1) is 33.4. The molecular formula is C34H46F2N2O4. The van der Waals surface area contributed by atoms with E-state index >= 15 is 0 Å². The lowest BCUT2D eigenvalue weighted by molar-refractivity contribution is -0.137. The van der Waals surface area contributed by atoms with Gasteiger partial charge in [-0.2, -0.15) is 0 Å². The number of carbonyl (C=O) groups excluding carboxylic acids is 3. The van der Waals surface area contributed by atoms with Crippen molar-refractivity contribution in [1.29, 1.82) is 0 Å². The van der Waals surface area contributed by atoms with Gasteiger partial charge in [-0.25, -0.2) is 8.78 Å². The van der Waals surface area contributed by atoms with Gasteiger partial charge in [-0.1, -0.05) is 27.7 Å². The SMILES string of the molecule is CCCN(CCC)C(=O)c1cc(C)cc(C(=O)C[C@@H](Cc2cc(F)cc(F)c2)[C@H](O)[C@@H]2CCCN(C(=O)C(C)C)C2)c1. The van der Waals surface area contributed by atoms with E-state index in [0.717, 1.165) is 30.9 Å². The molecule has 2 aromatic carbocycles. The first-order chi connectivity index (χ1) is 19.9. The molecule has 2 aromatic rings. The standard InChI is InChI=1S/C34H46F2N2O4/c1-6-10-37(11-7-2)34(42)28-14-23(5)13-26(18-28)31(39)19-27(15-24-16-29(35)20-30(36)17-24)32(40)25-9-8-12-38(21-25)33(41)22(3)4/h13-14,16-18,20,22,25,27,32,40H,6-12,15,19,21H2,1-5H3/t25-,27-,32-/m1/s1. The van der Waals surface area contributed by atoms with E-state index in [1.54, 1.807) is 28.0 Å². The summed E-state index contributed by atoms with van der Waals surface area (Å²) >= 11 is 0. The molecule has 0 unspecified atom stereocenters. The number of benzene rings is 2. The number of Topliss-reactive ketones (excluding diaryl/α,β-unsaturated/α-hetero) is 1. The minimum Gasteiger partial charge on any atom is -0.392 e. The van der Waals surface area contributed by atoms with Crippen LogP contribution in [0.25, 0.3) is 0 Å². The van der Waals surface area contributed by atoms with Gasteiger partial charge in [0, 0.05) is 61.6 Å². The molecule has 3 atom stereocenters. The molecular weight excluding hydrogens is 538 g/mol. The summed E-state index contributed by atoms with van der Waals surface area (Å²) in [6.45, 7) is 11.8. The fourth-order valence-electron chi connectivity index (χ4n) is 6.05. The average Bonchev–Trinajstić information content (AvgIpc) is 2.94. The van der Waals surface area contributed by atoms with E-state index in [2.05, 4.69) is 0 Å². The largest absolute Gasteiger partial charge is 0.392 e. The van der Waals surface area contributed by atoms with Gasteiger partial charge < -0.3 is 14.9 Å². The average molecular weight is 585 g/mol. The maximum absolute atomic E-state index is 14.1. The number of amides is 2. The minimum atomic E-state index is -0.974. The van der Waals surface area contributed by atoms with Crippen LogP contribution in [-0.2, 0) is 11.2 Å². The zero-order valence-electron chi connectivity index (χ0n) is 25.7. The number of halogens is 2. The van der Waals surface area contributed by atoms with E-state index in [-0.39, 0.29) is 42.3 Å². The van der Waals surface area contributed by atoms with Crippen LogP contribution in [0.1, 0.15) is 91.6 Å². The highest BCUT2D eigenvalue weighted by Gasteiger charge is 2.35. The number of aliphatic hydroxyl groups is 1. The molecule has 2 amide bonds. The number of hydrogen-bond acceptors (Lipinski definition) is 4. The van der Waals surface area contributed by atoms with E-state index in [1.165, 1.54) is 12.1 Å². The molecule has 6 nitrogen and oxygen atoms in total. The molecule has 3 rings (SSSR count). The van der Waals surface area contributed by atoms with Crippen LogP contribution in [0, 0.1) is 36.3 Å². The monoisotopic (exact) mass is 584 g/mol. The Labute approximate surface area is 249 Å². The number of rotatable bonds is 13. The number of likely N-dealkylation sites (tertiary alicyclic amines) is 1. The van der Waals surface area contributed by atoms with E-state index in [1.807, 2.05) is 34.6 Å². The molecule has 0 spiro atoms. The zero-order chi connectivity index (χ0) is 31.0. The van der Waals surface area contributed by atoms with Crippen molar-refractivity contribution in [1.82, 2.24) is 9.80 Å². The third-order valence-corrected chi connectivity index (χ3v) is 8.02. The maximum Gasteiger partial charge on any atom is 0.253 e. The van der Waals surface area contributed by atoms with Crippen LogP contribution in [0.3, 0.4) is 0 Å². The summed E-state index contributed by atoms with van der Waals surface area (Å²) in [6, 6.07) is 8.37. The molecule has 1 saturated heterocycles. The second kappa shape index (κ2) is 15.4. The summed E-state index contributed by atoms with van der Waals surface area (Å²) < 4.78 is 28.1. The predicted molar refractivity (Wildman–Crippen MR) is 160 cm³/mol. The number of nitrogens with zero attached hydrogens (tertiary/aromatic N) is 2. The van der Waals surface area contributed by atoms with Gasteiger partial charge in [0.05, 0.1) is 6.10 Å². The van der Waals surface area contributed by atoms with E-state index < -0.39 is 23.7 Å². The quantitative estimate of drug-likeness (QED) is 0.284. The van der Waals surface area contributed by atoms with Crippen molar-refractivity contribution in [2.45, 2.75) is 79.2 Å². The van der Waals surface area contributed by atoms with Gasteiger partial charge in [-0.15, -0.1) is 0 Å². The van der Waals surface area contributed by atoms with Crippen LogP contribution in [0.15, 0.2) is 36.4 Å². The van der Waals surface area contributed by atoms with Gasteiger partial charge in [0.2, 0.25) is 5.91 Å². The van der Waals surface area contributed by atoms with Crippen LogP contribution in [-0.4, -0.2) is 64.8 Å². The molecule has 0 radical (unpaired) electrons. The second-order valence-electron chi connectivity index (χ2n) is 12.1. The van der Waals surface area contributed by atoms with Gasteiger partial charge in [-0.3, -0.25) is 14.4 Å². The van der Waals surface area contributed by atoms with Crippen molar-refractivity contribution in [3.63, 3.8) is 0 Å². The summed E-state index contributed by atoms with van der Waals surface area (Å²) in [4.78, 5) is 43.3. The summed E-state index contributed by atoms with van der Waals surface area (Å²) in [7, 11) is 0. The van der Waals surface area contributed by atoms with Gasteiger partial charge in [0.15, 0.2) is 5.78 Å². The Hall–Kier alpha value is -3.13. The highest BCUT2D eigenvalue weighted by molar-refractivity contribution is 6.01. The molecule has 0 bridgehead atoms. The molecule has 1 aliphatic heterocycles. The fraction of sp³-hybridized carbons (Fsp3) is 0.559. The van der Waals surface area contributed by atoms with E-state index in [0.29, 0.717) is 49.3 Å². The molecule has 1 aliphatic rings. The van der Waals surface area contributed by atoms with E-state index in [9.17, 15) is 28.3 Å². The minimum absolute atomic E-state index is 0.0175. The zero-order valence-corrected chi connectivity index (χ0v) is 25.7. The summed E-state index contributed by atoms with van der Waals surface area (Å²) in [5, 5.41) is 11.6. The first-order valence-corrected chi connectivity index (χ1v) is 15.3. The van der Waals surface area contributed by atoms with Gasteiger partial charge in [-0.05, 0) is 86.4 Å². The molecule has 0 saturated carbocycles. The summed E-state index contributed by atoms with van der Waals surface area (Å²) in [6.07, 6.45) is 2.10. The van der Waals surface area contributed by atoms with Gasteiger partial charge in [0.1, 0.15) is 11.6 Å². The maximum atomic E-state index is 14.1. The summed E-state index contributed by atoms with van der Waals surface area (Å²) in [5.41, 5.74) is 1.94. The van der Waals surface area contributed by atoms with Crippen molar-refractivity contribution in [3.8, 4) is 0 Å². The fourth-order valence-corrected chi connectivity index (χ4v) is 6.05. The smallest absolute Gasteiger partial charge is 0.253 e. The Morgan fingerprint density at radius 1 is 0.976 bits per heavy atom. The van der Waals surface area contributed by atoms with Crippen molar-refractivity contribution in [2.24, 2.45) is 17.8 Å². The topological polar surface area (TPSA) is 77.9 Å². The Morgan fingerprint density at radius 3 is 2.19 bits per heavy atom. The predicted octanol–water partition coefficient (Wildman–Crippen LogP) is 6.22. The lowest BCUT2D eigenvalue weighted by Gasteiger charge is -2.38. The van der Waals surface area contributed by atoms with E-state index in [4.69, 9.17) is 0 Å². The first-order valence-electron chi connectivity index (χ1n) is 15.3. The summed E-state index contributed by atoms with van der Waals surface area (Å²) in [5.74, 6) is -2.89. The third-order valence-electron chi connectivity index (χ3n) is 8.02. The van der Waals surface area contributed by atoms with Crippen LogP contribution in [0.4, 0.5) is 8.78 Å². The van der Waals surface area contributed by atoms with Crippen molar-refractivity contribution < 1.29 is 28.3 Å². The molecule has 8 heteroatoms. The molecule has 1 heterocycles.